The number of carbonyl (C=O) groups excluding carboxylic acids is 1. The number of aliphatic carboxylic acids is 1. The van der Waals surface area contributed by atoms with Crippen molar-refractivity contribution in [2.75, 3.05) is 0 Å². The van der Waals surface area contributed by atoms with Gasteiger partial charge in [-0.2, -0.15) is 13.2 Å². The highest BCUT2D eigenvalue weighted by Gasteiger charge is 2.36. The molecule has 22 heavy (non-hydrogen) atoms. The van der Waals surface area contributed by atoms with Gasteiger partial charge in [-0.25, -0.2) is 4.79 Å². The third-order valence-corrected chi connectivity index (χ3v) is 2.76. The quantitative estimate of drug-likeness (QED) is 0.631. The van der Waals surface area contributed by atoms with E-state index in [1.807, 2.05) is 0 Å². The van der Waals surface area contributed by atoms with Crippen LogP contribution in [0.25, 0.3) is 0 Å². The summed E-state index contributed by atoms with van der Waals surface area (Å²) in [4.78, 5) is 32.2. The number of halogens is 4. The van der Waals surface area contributed by atoms with Crippen LogP contribution in [0.1, 0.15) is 16.8 Å². The van der Waals surface area contributed by atoms with Gasteiger partial charge in [0.2, 0.25) is 0 Å². The molecular formula is C11H8ClF3N2O5. The van der Waals surface area contributed by atoms with Crippen molar-refractivity contribution in [3.05, 3.63) is 38.9 Å². The van der Waals surface area contributed by atoms with Crippen LogP contribution < -0.4 is 5.32 Å². The summed E-state index contributed by atoms with van der Waals surface area (Å²) in [5.41, 5.74) is -0.799. The number of rotatable bonds is 5. The number of carboxylic acids is 1. The summed E-state index contributed by atoms with van der Waals surface area (Å²) in [6.45, 7) is 0. The standard InChI is InChI=1S/C11H8ClF3N2O5/c12-7-3-5(17(21)22)1-2-6(7)9(18)16-8(10(19)20)4-11(13,14)15/h1-3,8H,4H2,(H,16,18)(H,19,20). The van der Waals surface area contributed by atoms with Crippen molar-refractivity contribution < 1.29 is 32.8 Å². The number of nitrogens with zero attached hydrogens (tertiary/aromatic N) is 1. The number of benzene rings is 1. The molecule has 1 atom stereocenters. The first-order valence-electron chi connectivity index (χ1n) is 5.55. The molecule has 0 fully saturated rings. The molecule has 7 nitrogen and oxygen atoms in total. The zero-order valence-corrected chi connectivity index (χ0v) is 11.3. The second-order valence-electron chi connectivity index (χ2n) is 4.10. The van der Waals surface area contributed by atoms with Crippen LogP contribution in [0.5, 0.6) is 0 Å². The van der Waals surface area contributed by atoms with E-state index in [-0.39, 0.29) is 10.6 Å². The van der Waals surface area contributed by atoms with Crippen molar-refractivity contribution in [3.63, 3.8) is 0 Å². The molecule has 1 unspecified atom stereocenters. The maximum atomic E-state index is 12.2. The van der Waals surface area contributed by atoms with Crippen LogP contribution in [0.3, 0.4) is 0 Å². The number of non-ortho nitro benzene ring substituents is 1. The number of amides is 1. The number of alkyl halides is 3. The van der Waals surface area contributed by atoms with Crippen molar-refractivity contribution in [2.45, 2.75) is 18.6 Å². The van der Waals surface area contributed by atoms with Crippen molar-refractivity contribution in [1.82, 2.24) is 5.32 Å². The van der Waals surface area contributed by atoms with Crippen molar-refractivity contribution in [2.24, 2.45) is 0 Å². The second-order valence-corrected chi connectivity index (χ2v) is 4.51. The van der Waals surface area contributed by atoms with E-state index in [1.165, 1.54) is 0 Å². The number of nitro groups is 1. The molecular weight excluding hydrogens is 333 g/mol. The van der Waals surface area contributed by atoms with Gasteiger partial charge >= 0.3 is 12.1 Å². The summed E-state index contributed by atoms with van der Waals surface area (Å²) in [6.07, 6.45) is -6.56. The predicted octanol–water partition coefficient (Wildman–Crippen LogP) is 2.38. The molecule has 1 aromatic carbocycles. The number of carbonyl (C=O) groups is 2. The summed E-state index contributed by atoms with van der Waals surface area (Å²) in [5, 5.41) is 20.5. The smallest absolute Gasteiger partial charge is 0.391 e. The van der Waals surface area contributed by atoms with Crippen LogP contribution in [0.4, 0.5) is 18.9 Å². The Morgan fingerprint density at radius 1 is 1.41 bits per heavy atom. The van der Waals surface area contributed by atoms with Crippen LogP contribution in [-0.2, 0) is 4.79 Å². The minimum Gasteiger partial charge on any atom is -0.480 e. The van der Waals surface area contributed by atoms with Crippen LogP contribution in [0.15, 0.2) is 18.2 Å². The van der Waals surface area contributed by atoms with E-state index in [0.29, 0.717) is 0 Å². The van der Waals surface area contributed by atoms with Gasteiger partial charge in [-0.05, 0) is 6.07 Å². The highest BCUT2D eigenvalue weighted by atomic mass is 35.5. The second kappa shape index (κ2) is 6.60. The Balaban J connectivity index is 2.95. The van der Waals surface area contributed by atoms with Crippen LogP contribution in [-0.4, -0.2) is 34.1 Å². The topological polar surface area (TPSA) is 110 Å². The van der Waals surface area contributed by atoms with Crippen molar-refractivity contribution in [3.8, 4) is 0 Å². The molecule has 1 amide bonds. The Morgan fingerprint density at radius 3 is 2.41 bits per heavy atom. The molecule has 0 aliphatic carbocycles. The molecule has 0 aliphatic heterocycles. The van der Waals surface area contributed by atoms with Gasteiger partial charge in [-0.1, -0.05) is 11.6 Å². The monoisotopic (exact) mass is 340 g/mol. The number of hydrogen-bond acceptors (Lipinski definition) is 4. The SMILES string of the molecule is O=C(NC(CC(F)(F)F)C(=O)O)c1ccc([N+](=O)[O-])cc1Cl. The summed E-state index contributed by atoms with van der Waals surface area (Å²) < 4.78 is 36.7. The van der Waals surface area contributed by atoms with Gasteiger partial charge in [0.25, 0.3) is 11.6 Å². The Kier molecular flexibility index (Phi) is 5.31. The fraction of sp³-hybridized carbons (Fsp3) is 0.273. The maximum Gasteiger partial charge on any atom is 0.391 e. The third kappa shape index (κ3) is 4.88. The zero-order chi connectivity index (χ0) is 17.1. The lowest BCUT2D eigenvalue weighted by Gasteiger charge is -2.16. The van der Waals surface area contributed by atoms with E-state index in [4.69, 9.17) is 16.7 Å². The van der Waals surface area contributed by atoms with Gasteiger partial charge in [0.1, 0.15) is 6.04 Å². The number of carboxylic acid groups (broad SMARTS) is 1. The van der Waals surface area contributed by atoms with E-state index in [9.17, 15) is 32.9 Å². The van der Waals surface area contributed by atoms with Crippen LogP contribution >= 0.6 is 11.6 Å². The maximum absolute atomic E-state index is 12.2. The van der Waals surface area contributed by atoms with E-state index in [0.717, 1.165) is 18.2 Å². The molecule has 0 saturated heterocycles. The lowest BCUT2D eigenvalue weighted by atomic mass is 10.1. The summed E-state index contributed by atoms with van der Waals surface area (Å²) >= 11 is 5.63. The van der Waals surface area contributed by atoms with Crippen LogP contribution in [0, 0.1) is 10.1 Å². The first kappa shape index (κ1) is 17.7. The molecule has 2 N–H and O–H groups in total. The lowest BCUT2D eigenvalue weighted by molar-refractivity contribution is -0.384. The summed E-state index contributed by atoms with van der Waals surface area (Å²) in [6, 6.07) is 0.470. The highest BCUT2D eigenvalue weighted by molar-refractivity contribution is 6.34. The Bertz CT molecular complexity index is 620. The zero-order valence-electron chi connectivity index (χ0n) is 10.6. The molecule has 0 radical (unpaired) electrons. The fourth-order valence-electron chi connectivity index (χ4n) is 1.47. The molecule has 0 heterocycles. The molecule has 0 aliphatic rings. The number of nitro benzene ring substituents is 1. The van der Waals surface area contributed by atoms with E-state index in [1.54, 1.807) is 5.32 Å². The largest absolute Gasteiger partial charge is 0.480 e. The normalized spacial score (nSPS) is 12.5. The van der Waals surface area contributed by atoms with Crippen molar-refractivity contribution in [1.29, 1.82) is 0 Å². The average Bonchev–Trinajstić information content (AvgIpc) is 2.35. The number of nitrogens with one attached hydrogen (secondary N) is 1. The Labute approximate surface area is 125 Å². The molecule has 11 heteroatoms. The first-order chi connectivity index (χ1) is 10.0. The van der Waals surface area contributed by atoms with Crippen LogP contribution in [0.2, 0.25) is 5.02 Å². The van der Waals surface area contributed by atoms with E-state index < -0.39 is 41.1 Å². The summed E-state index contributed by atoms with van der Waals surface area (Å²) in [5.74, 6) is -3.06. The van der Waals surface area contributed by atoms with Gasteiger partial charge in [0.05, 0.1) is 21.9 Å². The Morgan fingerprint density at radius 2 is 2.00 bits per heavy atom. The number of hydrogen-bond donors (Lipinski definition) is 2. The average molecular weight is 341 g/mol. The fourth-order valence-corrected chi connectivity index (χ4v) is 1.73. The van der Waals surface area contributed by atoms with E-state index in [2.05, 4.69) is 0 Å². The van der Waals surface area contributed by atoms with E-state index >= 15 is 0 Å². The molecule has 120 valence electrons. The van der Waals surface area contributed by atoms with Gasteiger partial charge in [0, 0.05) is 12.1 Å². The minimum atomic E-state index is -4.80. The van der Waals surface area contributed by atoms with Gasteiger partial charge in [0.15, 0.2) is 0 Å². The minimum absolute atomic E-state index is 0.374. The first-order valence-corrected chi connectivity index (χ1v) is 5.93. The molecule has 1 aromatic rings. The third-order valence-electron chi connectivity index (χ3n) is 2.45. The Hall–Kier alpha value is -2.36. The summed E-state index contributed by atoms with van der Waals surface area (Å²) in [7, 11) is 0. The molecule has 0 spiro atoms. The predicted molar refractivity (Wildman–Crippen MR) is 67.7 cm³/mol. The molecule has 1 rings (SSSR count). The molecule has 0 bridgehead atoms. The van der Waals surface area contributed by atoms with Gasteiger partial charge in [-0.15, -0.1) is 0 Å². The van der Waals surface area contributed by atoms with Gasteiger partial charge < -0.3 is 10.4 Å². The lowest BCUT2D eigenvalue weighted by Crippen LogP contribution is -2.43. The molecule has 0 aromatic heterocycles. The van der Waals surface area contributed by atoms with Crippen molar-refractivity contribution >= 4 is 29.2 Å². The van der Waals surface area contributed by atoms with Gasteiger partial charge in [-0.3, -0.25) is 14.9 Å². The molecule has 0 saturated carbocycles. The highest BCUT2D eigenvalue weighted by Crippen LogP contribution is 2.24.